The van der Waals surface area contributed by atoms with E-state index in [9.17, 15) is 9.59 Å². The molecular weight excluding hydrogens is 416 g/mol. The lowest BCUT2D eigenvalue weighted by Gasteiger charge is -2.15. The third kappa shape index (κ3) is 8.56. The van der Waals surface area contributed by atoms with Gasteiger partial charge in [-0.3, -0.25) is 9.78 Å². The average molecular weight is 446 g/mol. The molecule has 174 valence electrons. The lowest BCUT2D eigenvalue weighted by atomic mass is 10.2. The molecule has 8 nitrogen and oxygen atoms in total. The maximum absolute atomic E-state index is 12.3. The Balaban J connectivity index is 1.94. The van der Waals surface area contributed by atoms with Crippen molar-refractivity contribution in [2.75, 3.05) is 13.2 Å². The van der Waals surface area contributed by atoms with Crippen LogP contribution in [0.3, 0.4) is 0 Å². The normalized spacial score (nSPS) is 10.6. The van der Waals surface area contributed by atoms with Crippen LogP contribution in [0.15, 0.2) is 48.5 Å². The number of carbonyl (C=O) groups excluding carboxylic acids is 2. The van der Waals surface area contributed by atoms with Gasteiger partial charge in [-0.1, -0.05) is 31.9 Å². The number of rotatable bonds is 14. The first-order chi connectivity index (χ1) is 15.6. The van der Waals surface area contributed by atoms with Crippen LogP contribution in [0.1, 0.15) is 67.2 Å². The lowest BCUT2D eigenvalue weighted by Crippen LogP contribution is -2.22. The van der Waals surface area contributed by atoms with Gasteiger partial charge >= 0.3 is 11.9 Å². The number of ether oxygens (including phenoxy) is 2. The highest BCUT2D eigenvalue weighted by molar-refractivity contribution is 5.89. The van der Waals surface area contributed by atoms with Crippen LogP contribution < -0.4 is 9.47 Å². The molecule has 0 unspecified atom stereocenters. The number of hydrogen-bond donors (Lipinski definition) is 0. The topological polar surface area (TPSA) is 89.5 Å². The molecule has 2 aromatic rings. The van der Waals surface area contributed by atoms with Crippen LogP contribution >= 0.6 is 0 Å². The van der Waals surface area contributed by atoms with Gasteiger partial charge in [0.25, 0.3) is 0 Å². The third-order valence-electron chi connectivity index (χ3n) is 4.27. The molecule has 0 spiro atoms. The summed E-state index contributed by atoms with van der Waals surface area (Å²) < 4.78 is 10.8. The number of carbonyl (C=O) groups is 2. The fraction of sp³-hybridized carbons (Fsp3) is 0.417. The third-order valence-corrected chi connectivity index (χ3v) is 4.27. The second-order valence-corrected chi connectivity index (χ2v) is 6.78. The Labute approximate surface area is 188 Å². The average Bonchev–Trinajstić information content (AvgIpc) is 2.81. The van der Waals surface area contributed by atoms with E-state index in [0.29, 0.717) is 31.1 Å². The number of benzene rings is 2. The highest BCUT2D eigenvalue weighted by Gasteiger charge is 2.20. The predicted molar refractivity (Wildman–Crippen MR) is 116 cm³/mol. The van der Waals surface area contributed by atoms with Crippen LogP contribution in [0, 0.1) is 0 Å². The van der Waals surface area contributed by atoms with Crippen molar-refractivity contribution in [1.82, 2.24) is 0 Å². The predicted octanol–water partition coefficient (Wildman–Crippen LogP) is 5.27. The van der Waals surface area contributed by atoms with E-state index in [1.54, 1.807) is 48.5 Å². The monoisotopic (exact) mass is 446 g/mol. The molecule has 0 aliphatic heterocycles. The summed E-state index contributed by atoms with van der Waals surface area (Å²) in [6, 6.07) is 13.1. The molecule has 2 rings (SSSR count). The Kier molecular flexibility index (Phi) is 11.1. The number of unbranched alkanes of at least 4 members (excludes halogenated alkanes) is 2. The van der Waals surface area contributed by atoms with Crippen LogP contribution in [0.25, 0.3) is 0 Å². The zero-order valence-electron chi connectivity index (χ0n) is 18.7. The van der Waals surface area contributed by atoms with Gasteiger partial charge in [-0.2, -0.15) is 0 Å². The van der Waals surface area contributed by atoms with Gasteiger partial charge in [0, 0.05) is 6.42 Å². The Bertz CT molecular complexity index is 786. The standard InChI is InChI=1S/C24H30O8/c1-4-7-8-15-22(29-31-23(25)18-11-9-13-20(16-18)27-5-2)30-32-24(26)19-12-10-14-21(17-19)28-6-3/h9-14,16-17,22H,4-8,15H2,1-3H3. The van der Waals surface area contributed by atoms with Crippen molar-refractivity contribution in [2.45, 2.75) is 52.7 Å². The van der Waals surface area contributed by atoms with Crippen molar-refractivity contribution in [3.05, 3.63) is 59.7 Å². The van der Waals surface area contributed by atoms with Gasteiger partial charge in [0.2, 0.25) is 6.29 Å². The summed E-state index contributed by atoms with van der Waals surface area (Å²) in [7, 11) is 0. The minimum atomic E-state index is -1.07. The van der Waals surface area contributed by atoms with Crippen LogP contribution in [-0.2, 0) is 19.6 Å². The molecule has 0 aliphatic rings. The smallest absolute Gasteiger partial charge is 0.373 e. The summed E-state index contributed by atoms with van der Waals surface area (Å²) >= 11 is 0. The minimum Gasteiger partial charge on any atom is -0.494 e. The van der Waals surface area contributed by atoms with E-state index in [1.807, 2.05) is 20.8 Å². The first kappa shape index (κ1) is 25.2. The lowest BCUT2D eigenvalue weighted by molar-refractivity contribution is -0.421. The summed E-state index contributed by atoms with van der Waals surface area (Å²) in [5.74, 6) is -0.348. The Hall–Kier alpha value is -3.10. The molecule has 0 saturated heterocycles. The zero-order chi connectivity index (χ0) is 23.2. The highest BCUT2D eigenvalue weighted by atomic mass is 17.3. The van der Waals surface area contributed by atoms with Gasteiger partial charge in [0.05, 0.1) is 24.3 Å². The van der Waals surface area contributed by atoms with E-state index in [1.165, 1.54) is 0 Å². The fourth-order valence-corrected chi connectivity index (χ4v) is 2.72. The maximum Gasteiger partial charge on any atom is 0.373 e. The van der Waals surface area contributed by atoms with Crippen molar-refractivity contribution in [3.8, 4) is 11.5 Å². The van der Waals surface area contributed by atoms with Crippen molar-refractivity contribution >= 4 is 11.9 Å². The van der Waals surface area contributed by atoms with Gasteiger partial charge in [-0.25, -0.2) is 9.59 Å². The van der Waals surface area contributed by atoms with Crippen LogP contribution in [0.5, 0.6) is 11.5 Å². The molecule has 0 aromatic heterocycles. The molecule has 0 heterocycles. The molecule has 0 saturated carbocycles. The Morgan fingerprint density at radius 3 is 1.69 bits per heavy atom. The van der Waals surface area contributed by atoms with Crippen LogP contribution in [0.2, 0.25) is 0 Å². The summed E-state index contributed by atoms with van der Waals surface area (Å²) in [4.78, 5) is 44.7. The fourth-order valence-electron chi connectivity index (χ4n) is 2.72. The van der Waals surface area contributed by atoms with Gasteiger partial charge in [-0.15, -0.1) is 9.78 Å². The Morgan fingerprint density at radius 1 is 0.750 bits per heavy atom. The molecule has 0 atom stereocenters. The molecule has 0 fully saturated rings. The first-order valence-electron chi connectivity index (χ1n) is 10.8. The van der Waals surface area contributed by atoms with E-state index in [4.69, 9.17) is 29.0 Å². The van der Waals surface area contributed by atoms with Crippen molar-refractivity contribution in [2.24, 2.45) is 0 Å². The van der Waals surface area contributed by atoms with Gasteiger partial charge in [0.1, 0.15) is 11.5 Å². The SMILES string of the molecule is CCCCCC(OOC(=O)c1cccc(OCC)c1)OOC(=O)c1cccc(OCC)c1. The van der Waals surface area contributed by atoms with Gasteiger partial charge in [-0.05, 0) is 56.7 Å². The first-order valence-corrected chi connectivity index (χ1v) is 10.8. The molecule has 32 heavy (non-hydrogen) atoms. The van der Waals surface area contributed by atoms with Crippen LogP contribution in [-0.4, -0.2) is 31.4 Å². The molecule has 0 radical (unpaired) electrons. The van der Waals surface area contributed by atoms with E-state index >= 15 is 0 Å². The molecule has 8 heteroatoms. The van der Waals surface area contributed by atoms with Crippen molar-refractivity contribution < 1.29 is 38.6 Å². The van der Waals surface area contributed by atoms with Gasteiger partial charge in [0.15, 0.2) is 0 Å². The molecular formula is C24H30O8. The molecule has 2 aromatic carbocycles. The largest absolute Gasteiger partial charge is 0.494 e. The molecule has 0 bridgehead atoms. The minimum absolute atomic E-state index is 0.257. The molecule has 0 aliphatic carbocycles. The van der Waals surface area contributed by atoms with Gasteiger partial charge < -0.3 is 9.47 Å². The quantitative estimate of drug-likeness (QED) is 0.168. The van der Waals surface area contributed by atoms with E-state index in [2.05, 4.69) is 0 Å². The molecule has 0 N–H and O–H groups in total. The highest BCUT2D eigenvalue weighted by Crippen LogP contribution is 2.17. The zero-order valence-corrected chi connectivity index (χ0v) is 18.7. The van der Waals surface area contributed by atoms with Crippen molar-refractivity contribution in [1.29, 1.82) is 0 Å². The second kappa shape index (κ2) is 14.1. The maximum atomic E-state index is 12.3. The molecule has 0 amide bonds. The summed E-state index contributed by atoms with van der Waals surface area (Å²) in [5.41, 5.74) is 0.515. The van der Waals surface area contributed by atoms with Crippen molar-refractivity contribution in [3.63, 3.8) is 0 Å². The summed E-state index contributed by atoms with van der Waals surface area (Å²) in [6.07, 6.45) is 1.92. The van der Waals surface area contributed by atoms with E-state index in [0.717, 1.165) is 19.3 Å². The summed E-state index contributed by atoms with van der Waals surface area (Å²) in [5, 5.41) is 0. The van der Waals surface area contributed by atoms with Crippen LogP contribution in [0.4, 0.5) is 0 Å². The second-order valence-electron chi connectivity index (χ2n) is 6.78. The van der Waals surface area contributed by atoms with E-state index in [-0.39, 0.29) is 11.1 Å². The Morgan fingerprint density at radius 2 is 1.25 bits per heavy atom. The number of hydrogen-bond acceptors (Lipinski definition) is 8. The summed E-state index contributed by atoms with van der Waals surface area (Å²) in [6.45, 7) is 6.69. The van der Waals surface area contributed by atoms with E-state index < -0.39 is 18.2 Å².